The van der Waals surface area contributed by atoms with Gasteiger partial charge in [0.05, 0.1) is 5.69 Å². The second kappa shape index (κ2) is 6.44. The van der Waals surface area contributed by atoms with Crippen LogP contribution in [0.5, 0.6) is 0 Å². The number of amides is 1. The summed E-state index contributed by atoms with van der Waals surface area (Å²) >= 11 is 0. The van der Waals surface area contributed by atoms with Crippen LogP contribution in [0.1, 0.15) is 17.3 Å². The fraction of sp³-hybridized carbons (Fsp3) is 0.133. The van der Waals surface area contributed by atoms with E-state index in [0.29, 0.717) is 5.56 Å². The van der Waals surface area contributed by atoms with E-state index in [1.165, 1.54) is 0 Å². The first-order chi connectivity index (χ1) is 9.29. The van der Waals surface area contributed by atoms with Crippen LogP contribution in [0.15, 0.2) is 54.6 Å². The largest absolute Gasteiger partial charge is 0.385 e. The molecule has 4 heteroatoms. The van der Waals surface area contributed by atoms with Gasteiger partial charge in [-0.3, -0.25) is 15.6 Å². The molecule has 0 aromatic heterocycles. The van der Waals surface area contributed by atoms with E-state index >= 15 is 0 Å². The molecule has 0 spiro atoms. The Morgan fingerprint density at radius 3 is 2.21 bits per heavy atom. The van der Waals surface area contributed by atoms with Crippen molar-refractivity contribution in [1.29, 1.82) is 0 Å². The van der Waals surface area contributed by atoms with Gasteiger partial charge in [-0.2, -0.15) is 0 Å². The van der Waals surface area contributed by atoms with Gasteiger partial charge in [-0.25, -0.2) is 0 Å². The minimum Gasteiger partial charge on any atom is -0.385 e. The number of benzene rings is 2. The highest BCUT2D eigenvalue weighted by Crippen LogP contribution is 2.12. The first-order valence-electron chi connectivity index (χ1n) is 6.25. The molecule has 98 valence electrons. The summed E-state index contributed by atoms with van der Waals surface area (Å²) in [6, 6.07) is 16.8. The summed E-state index contributed by atoms with van der Waals surface area (Å²) in [7, 11) is 0. The van der Waals surface area contributed by atoms with Crippen molar-refractivity contribution >= 4 is 17.3 Å². The van der Waals surface area contributed by atoms with Crippen molar-refractivity contribution in [2.24, 2.45) is 0 Å². The highest BCUT2D eigenvalue weighted by molar-refractivity contribution is 5.94. The SMILES string of the molecule is CCNc1ccc(NNC(=O)c2ccccc2)cc1. The average Bonchev–Trinajstić information content (AvgIpc) is 2.47. The first-order valence-corrected chi connectivity index (χ1v) is 6.25. The van der Waals surface area contributed by atoms with Gasteiger partial charge in [-0.05, 0) is 43.3 Å². The fourth-order valence-corrected chi connectivity index (χ4v) is 1.67. The Hall–Kier alpha value is -2.49. The van der Waals surface area contributed by atoms with Crippen LogP contribution >= 0.6 is 0 Å². The van der Waals surface area contributed by atoms with Crippen molar-refractivity contribution in [3.63, 3.8) is 0 Å². The molecule has 0 fully saturated rings. The molecular formula is C15H17N3O. The van der Waals surface area contributed by atoms with E-state index < -0.39 is 0 Å². The van der Waals surface area contributed by atoms with E-state index in [2.05, 4.69) is 16.2 Å². The summed E-state index contributed by atoms with van der Waals surface area (Å²) in [5.74, 6) is -0.156. The number of hydrazine groups is 1. The summed E-state index contributed by atoms with van der Waals surface area (Å²) in [6.45, 7) is 2.93. The third kappa shape index (κ3) is 3.74. The van der Waals surface area contributed by atoms with Crippen molar-refractivity contribution in [2.75, 3.05) is 17.3 Å². The molecule has 0 aliphatic carbocycles. The Morgan fingerprint density at radius 1 is 0.947 bits per heavy atom. The molecular weight excluding hydrogens is 238 g/mol. The molecule has 0 atom stereocenters. The highest BCUT2D eigenvalue weighted by atomic mass is 16.2. The molecule has 0 aliphatic heterocycles. The lowest BCUT2D eigenvalue weighted by Crippen LogP contribution is -2.29. The average molecular weight is 255 g/mol. The Kier molecular flexibility index (Phi) is 4.39. The van der Waals surface area contributed by atoms with Gasteiger partial charge in [0, 0.05) is 17.8 Å². The maximum Gasteiger partial charge on any atom is 0.269 e. The van der Waals surface area contributed by atoms with Crippen LogP contribution < -0.4 is 16.2 Å². The third-order valence-corrected chi connectivity index (χ3v) is 2.62. The molecule has 0 unspecified atom stereocenters. The number of nitrogens with one attached hydrogen (secondary N) is 3. The molecule has 0 saturated heterocycles. The van der Waals surface area contributed by atoms with Gasteiger partial charge in [-0.1, -0.05) is 18.2 Å². The molecule has 0 bridgehead atoms. The zero-order valence-electron chi connectivity index (χ0n) is 10.8. The number of carbonyl (C=O) groups is 1. The van der Waals surface area contributed by atoms with Crippen molar-refractivity contribution in [3.05, 3.63) is 60.2 Å². The van der Waals surface area contributed by atoms with Gasteiger partial charge in [0.25, 0.3) is 5.91 Å². The van der Waals surface area contributed by atoms with Crippen LogP contribution in [0.25, 0.3) is 0 Å². The van der Waals surface area contributed by atoms with E-state index in [4.69, 9.17) is 0 Å². The predicted octanol–water partition coefficient (Wildman–Crippen LogP) is 2.88. The molecule has 0 radical (unpaired) electrons. The van der Waals surface area contributed by atoms with E-state index in [1.807, 2.05) is 49.4 Å². The van der Waals surface area contributed by atoms with Gasteiger partial charge >= 0.3 is 0 Å². The maximum atomic E-state index is 11.8. The fourth-order valence-electron chi connectivity index (χ4n) is 1.67. The first kappa shape index (κ1) is 13.0. The number of rotatable bonds is 5. The van der Waals surface area contributed by atoms with Crippen LogP contribution in [0.4, 0.5) is 11.4 Å². The lowest BCUT2D eigenvalue weighted by atomic mass is 10.2. The molecule has 1 amide bonds. The monoisotopic (exact) mass is 255 g/mol. The van der Waals surface area contributed by atoms with Crippen LogP contribution in [0.2, 0.25) is 0 Å². The zero-order chi connectivity index (χ0) is 13.5. The second-order valence-electron chi connectivity index (χ2n) is 4.05. The van der Waals surface area contributed by atoms with Crippen LogP contribution in [-0.2, 0) is 0 Å². The number of anilines is 2. The zero-order valence-corrected chi connectivity index (χ0v) is 10.8. The van der Waals surface area contributed by atoms with Crippen molar-refractivity contribution in [3.8, 4) is 0 Å². The lowest BCUT2D eigenvalue weighted by Gasteiger charge is -2.09. The molecule has 0 aliphatic rings. The normalized spacial score (nSPS) is 9.74. The quantitative estimate of drug-likeness (QED) is 0.720. The minimum atomic E-state index is -0.156. The standard InChI is InChI=1S/C15H17N3O/c1-2-16-13-8-10-14(11-9-13)17-18-15(19)12-6-4-3-5-7-12/h3-11,16-17H,2H2,1H3,(H,18,19). The van der Waals surface area contributed by atoms with Crippen molar-refractivity contribution < 1.29 is 4.79 Å². The molecule has 0 heterocycles. The lowest BCUT2D eigenvalue weighted by molar-refractivity contribution is 0.0962. The second-order valence-corrected chi connectivity index (χ2v) is 4.05. The molecule has 2 aromatic carbocycles. The van der Waals surface area contributed by atoms with Gasteiger partial charge in [0.15, 0.2) is 0 Å². The third-order valence-electron chi connectivity index (χ3n) is 2.62. The molecule has 2 rings (SSSR count). The van der Waals surface area contributed by atoms with E-state index in [1.54, 1.807) is 12.1 Å². The predicted molar refractivity (Wildman–Crippen MR) is 78.1 cm³/mol. The molecule has 2 aromatic rings. The van der Waals surface area contributed by atoms with Gasteiger partial charge in [-0.15, -0.1) is 0 Å². The van der Waals surface area contributed by atoms with Crippen LogP contribution in [0.3, 0.4) is 0 Å². The Balaban J connectivity index is 1.90. The Labute approximate surface area is 112 Å². The smallest absolute Gasteiger partial charge is 0.269 e. The number of hydrogen-bond donors (Lipinski definition) is 3. The van der Waals surface area contributed by atoms with Crippen molar-refractivity contribution in [1.82, 2.24) is 5.43 Å². The summed E-state index contributed by atoms with van der Waals surface area (Å²) in [5, 5.41) is 3.21. The number of hydrogen-bond acceptors (Lipinski definition) is 3. The molecule has 3 N–H and O–H groups in total. The van der Waals surface area contributed by atoms with Gasteiger partial charge < -0.3 is 5.32 Å². The highest BCUT2D eigenvalue weighted by Gasteiger charge is 2.02. The van der Waals surface area contributed by atoms with E-state index in [-0.39, 0.29) is 5.91 Å². The van der Waals surface area contributed by atoms with E-state index in [0.717, 1.165) is 17.9 Å². The van der Waals surface area contributed by atoms with Gasteiger partial charge in [0.2, 0.25) is 0 Å². The van der Waals surface area contributed by atoms with Gasteiger partial charge in [0.1, 0.15) is 0 Å². The molecule has 19 heavy (non-hydrogen) atoms. The minimum absolute atomic E-state index is 0.156. The summed E-state index contributed by atoms with van der Waals surface area (Å²) < 4.78 is 0. The molecule has 4 nitrogen and oxygen atoms in total. The summed E-state index contributed by atoms with van der Waals surface area (Å²) in [6.07, 6.45) is 0. The van der Waals surface area contributed by atoms with Crippen molar-refractivity contribution in [2.45, 2.75) is 6.92 Å². The maximum absolute atomic E-state index is 11.8. The number of carbonyl (C=O) groups excluding carboxylic acids is 1. The topological polar surface area (TPSA) is 53.2 Å². The molecule has 0 saturated carbocycles. The van der Waals surface area contributed by atoms with E-state index in [9.17, 15) is 4.79 Å². The van der Waals surface area contributed by atoms with Crippen LogP contribution in [-0.4, -0.2) is 12.5 Å². The summed E-state index contributed by atoms with van der Waals surface area (Å²) in [5.41, 5.74) is 8.06. The van der Waals surface area contributed by atoms with Crippen LogP contribution in [0, 0.1) is 0 Å². The summed E-state index contributed by atoms with van der Waals surface area (Å²) in [4.78, 5) is 11.8. The Bertz CT molecular complexity index is 523. The Morgan fingerprint density at radius 2 is 1.58 bits per heavy atom.